The number of hydrogen-bond acceptors (Lipinski definition) is 5. The molecular weight excluding hydrogens is 254 g/mol. The van der Waals surface area contributed by atoms with Crippen LogP contribution in [-0.4, -0.2) is 59.9 Å². The predicted molar refractivity (Wildman–Crippen MR) is 65.5 cm³/mol. The number of aliphatic carboxylic acids is 1. The van der Waals surface area contributed by atoms with E-state index in [4.69, 9.17) is 9.84 Å². The molecule has 8 heteroatoms. The van der Waals surface area contributed by atoms with Crippen LogP contribution in [0.3, 0.4) is 0 Å². The zero-order valence-corrected chi connectivity index (χ0v) is 11.1. The lowest BCUT2D eigenvalue weighted by molar-refractivity contribution is -0.148. The Morgan fingerprint density at radius 3 is 2.63 bits per heavy atom. The molecule has 0 bridgehead atoms. The lowest BCUT2D eigenvalue weighted by Crippen LogP contribution is -2.57. The number of hydrazone groups is 1. The van der Waals surface area contributed by atoms with Crippen molar-refractivity contribution in [2.75, 3.05) is 20.8 Å². The first-order valence-corrected chi connectivity index (χ1v) is 5.69. The number of carbonyl (C=O) groups excluding carboxylic acids is 2. The molecule has 2 amide bonds. The number of rotatable bonds is 5. The highest BCUT2D eigenvalue weighted by molar-refractivity contribution is 6.40. The van der Waals surface area contributed by atoms with Crippen LogP contribution in [0.15, 0.2) is 5.10 Å². The zero-order chi connectivity index (χ0) is 14.6. The Labute approximate surface area is 110 Å². The Kier molecular flexibility index (Phi) is 4.60. The van der Waals surface area contributed by atoms with Crippen molar-refractivity contribution in [2.24, 2.45) is 5.10 Å². The summed E-state index contributed by atoms with van der Waals surface area (Å²) in [6.07, 6.45) is 0.370. The highest BCUT2D eigenvalue weighted by Crippen LogP contribution is 2.10. The number of carbonyl (C=O) groups is 3. The summed E-state index contributed by atoms with van der Waals surface area (Å²) in [5.41, 5.74) is -1.40. The van der Waals surface area contributed by atoms with E-state index in [1.807, 2.05) is 0 Å². The van der Waals surface area contributed by atoms with Crippen LogP contribution in [0.5, 0.6) is 0 Å². The van der Waals surface area contributed by atoms with Crippen LogP contribution < -0.4 is 5.32 Å². The molecule has 0 radical (unpaired) electrons. The summed E-state index contributed by atoms with van der Waals surface area (Å²) >= 11 is 0. The largest absolute Gasteiger partial charge is 0.479 e. The maximum atomic E-state index is 11.9. The molecular formula is C11H17N3O5. The van der Waals surface area contributed by atoms with Gasteiger partial charge in [0.2, 0.25) is 5.91 Å². The molecule has 1 unspecified atom stereocenters. The molecule has 2 N–H and O–H groups in total. The van der Waals surface area contributed by atoms with Crippen molar-refractivity contribution in [1.29, 1.82) is 0 Å². The van der Waals surface area contributed by atoms with Crippen LogP contribution in [0.2, 0.25) is 0 Å². The van der Waals surface area contributed by atoms with Crippen LogP contribution in [0.4, 0.5) is 0 Å². The number of nitrogens with one attached hydrogen (secondary N) is 1. The lowest BCUT2D eigenvalue weighted by atomic mass is 10.0. The van der Waals surface area contributed by atoms with Gasteiger partial charge in [0, 0.05) is 27.0 Å². The number of nitrogens with zero attached hydrogens (tertiary/aromatic N) is 2. The second-order valence-electron chi connectivity index (χ2n) is 4.49. The average Bonchev–Trinajstić information content (AvgIpc) is 2.32. The molecule has 0 spiro atoms. The van der Waals surface area contributed by atoms with Gasteiger partial charge in [-0.15, -0.1) is 0 Å². The molecule has 1 aliphatic heterocycles. The van der Waals surface area contributed by atoms with E-state index in [2.05, 4.69) is 10.4 Å². The van der Waals surface area contributed by atoms with Crippen molar-refractivity contribution in [3.8, 4) is 0 Å². The Balaban J connectivity index is 2.81. The summed E-state index contributed by atoms with van der Waals surface area (Å²) in [5, 5.41) is 16.4. The Morgan fingerprint density at radius 1 is 1.53 bits per heavy atom. The van der Waals surface area contributed by atoms with E-state index in [0.29, 0.717) is 0 Å². The molecule has 1 aliphatic rings. The summed E-state index contributed by atoms with van der Waals surface area (Å²) in [6.45, 7) is 1.17. The van der Waals surface area contributed by atoms with Gasteiger partial charge in [0.1, 0.15) is 5.71 Å². The van der Waals surface area contributed by atoms with E-state index >= 15 is 0 Å². The summed E-state index contributed by atoms with van der Waals surface area (Å²) in [4.78, 5) is 34.3. The summed E-state index contributed by atoms with van der Waals surface area (Å²) in [5.74, 6) is -2.00. The molecule has 0 aromatic heterocycles. The smallest absolute Gasteiger partial charge is 0.331 e. The van der Waals surface area contributed by atoms with Crippen LogP contribution in [-0.2, 0) is 19.1 Å². The van der Waals surface area contributed by atoms with Crippen molar-refractivity contribution >= 4 is 23.5 Å². The molecule has 1 heterocycles. The minimum atomic E-state index is -1.53. The lowest BCUT2D eigenvalue weighted by Gasteiger charge is -2.26. The minimum Gasteiger partial charge on any atom is -0.479 e. The maximum Gasteiger partial charge on any atom is 0.331 e. The highest BCUT2D eigenvalue weighted by atomic mass is 16.5. The van der Waals surface area contributed by atoms with Gasteiger partial charge in [-0.3, -0.25) is 9.59 Å². The summed E-state index contributed by atoms with van der Waals surface area (Å²) < 4.78 is 4.79. The van der Waals surface area contributed by atoms with Gasteiger partial charge >= 0.3 is 5.97 Å². The van der Waals surface area contributed by atoms with Crippen LogP contribution >= 0.6 is 0 Å². The van der Waals surface area contributed by atoms with Crippen LogP contribution in [0.25, 0.3) is 0 Å². The molecule has 19 heavy (non-hydrogen) atoms. The fourth-order valence-corrected chi connectivity index (χ4v) is 1.60. The molecule has 0 fully saturated rings. The fourth-order valence-electron chi connectivity index (χ4n) is 1.60. The quantitative estimate of drug-likeness (QED) is 0.680. The van der Waals surface area contributed by atoms with Gasteiger partial charge in [0.15, 0.2) is 5.54 Å². The third-order valence-electron chi connectivity index (χ3n) is 2.76. The van der Waals surface area contributed by atoms with Gasteiger partial charge in [-0.2, -0.15) is 5.10 Å². The van der Waals surface area contributed by atoms with Gasteiger partial charge < -0.3 is 15.2 Å². The summed E-state index contributed by atoms with van der Waals surface area (Å²) in [7, 11) is 2.79. The maximum absolute atomic E-state index is 11.9. The summed E-state index contributed by atoms with van der Waals surface area (Å²) in [6, 6.07) is 0. The van der Waals surface area contributed by atoms with E-state index in [1.165, 1.54) is 21.1 Å². The number of carboxylic acid groups (broad SMARTS) is 1. The third kappa shape index (κ3) is 3.50. The van der Waals surface area contributed by atoms with E-state index < -0.39 is 17.4 Å². The highest BCUT2D eigenvalue weighted by Gasteiger charge is 2.36. The minimum absolute atomic E-state index is 0.130. The van der Waals surface area contributed by atoms with Crippen LogP contribution in [0, 0.1) is 0 Å². The van der Waals surface area contributed by atoms with Crippen molar-refractivity contribution in [1.82, 2.24) is 10.3 Å². The predicted octanol–water partition coefficient (Wildman–Crippen LogP) is -0.799. The topological polar surface area (TPSA) is 108 Å². The van der Waals surface area contributed by atoms with E-state index in [9.17, 15) is 14.4 Å². The molecule has 1 rings (SSSR count). The van der Waals surface area contributed by atoms with Crippen molar-refractivity contribution in [3.05, 3.63) is 0 Å². The SMILES string of the molecule is COCC(C)(NC(=O)C1=NN(C)C(=O)CC1)C(=O)O. The van der Waals surface area contributed by atoms with Crippen molar-refractivity contribution in [2.45, 2.75) is 25.3 Å². The standard InChI is InChI=1S/C11H17N3O5/c1-11(6-19-3,10(17)18)12-9(16)7-4-5-8(15)14(2)13-7/h4-6H2,1-3H3,(H,12,16)(H,17,18). The molecule has 1 atom stereocenters. The Bertz CT molecular complexity index is 434. The first-order valence-electron chi connectivity index (χ1n) is 5.69. The van der Waals surface area contributed by atoms with E-state index in [0.717, 1.165) is 5.01 Å². The Morgan fingerprint density at radius 2 is 2.16 bits per heavy atom. The molecule has 0 aromatic rings. The second kappa shape index (κ2) is 5.79. The van der Waals surface area contributed by atoms with Gasteiger partial charge in [-0.25, -0.2) is 9.80 Å². The van der Waals surface area contributed by atoms with Crippen molar-refractivity contribution in [3.63, 3.8) is 0 Å². The molecule has 8 nitrogen and oxygen atoms in total. The van der Waals surface area contributed by atoms with Gasteiger partial charge in [-0.05, 0) is 6.92 Å². The molecule has 0 saturated heterocycles. The van der Waals surface area contributed by atoms with E-state index in [-0.39, 0.29) is 31.1 Å². The van der Waals surface area contributed by atoms with Crippen LogP contribution in [0.1, 0.15) is 19.8 Å². The molecule has 106 valence electrons. The number of amides is 2. The number of methoxy groups -OCH3 is 1. The van der Waals surface area contributed by atoms with Gasteiger partial charge in [0.05, 0.1) is 6.61 Å². The fraction of sp³-hybridized carbons (Fsp3) is 0.636. The van der Waals surface area contributed by atoms with E-state index in [1.54, 1.807) is 0 Å². The monoisotopic (exact) mass is 271 g/mol. The molecule has 0 saturated carbocycles. The molecule has 0 aromatic carbocycles. The van der Waals surface area contributed by atoms with Gasteiger partial charge in [0.25, 0.3) is 5.91 Å². The number of carboxylic acids is 1. The normalized spacial score (nSPS) is 18.6. The van der Waals surface area contributed by atoms with Gasteiger partial charge in [-0.1, -0.05) is 0 Å². The third-order valence-corrected chi connectivity index (χ3v) is 2.76. The average molecular weight is 271 g/mol. The Hall–Kier alpha value is -1.96. The first kappa shape index (κ1) is 15.1. The number of hydrogen-bond donors (Lipinski definition) is 2. The molecule has 0 aliphatic carbocycles. The van der Waals surface area contributed by atoms with Crippen molar-refractivity contribution < 1.29 is 24.2 Å². The second-order valence-corrected chi connectivity index (χ2v) is 4.49. The zero-order valence-electron chi connectivity index (χ0n) is 11.1. The first-order chi connectivity index (χ1) is 8.80. The number of ether oxygens (including phenoxy) is 1.